The fourth-order valence-corrected chi connectivity index (χ4v) is 10.3. The monoisotopic (exact) mass is 1620 g/mol. The SMILES string of the molecule is CC(=O)Nc1c(C(C)=O)ccc(C)c1Br.CC(=O)Nc1cccc(C)c1.CC(=O)Nc1cccc(C)c1Br.CC(=O)O.CC(=O)c1ccc(C)c(Br)c1N.Cc1cc(=O)c2ccc(C)c(Br)c2[nH]1.Cc1cc(C)c2ccc(C)c(Br)c2n1.Cc1cccc(N)c1Br. The molecule has 21 heteroatoms. The molecule has 0 saturated heterocycles. The zero-order chi connectivity index (χ0) is 69.3. The number of H-pyrrole nitrogens is 1. The van der Waals surface area contributed by atoms with Gasteiger partial charge < -0.3 is 37.5 Å². The van der Waals surface area contributed by atoms with E-state index in [2.05, 4.69) is 154 Å². The average Bonchev–Trinajstić information content (AvgIpc) is 0.876. The predicted octanol–water partition coefficient (Wildman–Crippen LogP) is 19.4. The Labute approximate surface area is 583 Å². The molecule has 0 bridgehead atoms. The van der Waals surface area contributed by atoms with Crippen LogP contribution < -0.4 is 32.8 Å². The molecular weight excluding hydrogens is 1550 g/mol. The maximum Gasteiger partial charge on any atom is 0.300 e. The number of halogens is 6. The standard InChI is InChI=1S/C12H12BrN.C11H12BrNO2.C11H10BrNO.2C9H10BrNO.C9H11NO.C7H8BrN.C2H4O2/c1-7-4-5-10-8(2)6-9(3)14-12(10)11(7)13;1-6-4-5-9(7(2)14)11(10(6)12)13-8(3)15;1-6-3-4-8-9(14)5-7(2)13-11(8)10(6)12;1-6-4-3-5-8(9(6)10)11-7(2)12;1-5-3-4-7(6(2)12)9(11)8(5)10;1-7-4-3-5-9(6-7)10-8(2)11;1-5-3-2-4-6(9)7(5)8;1-2(3)4/h4-6H,1-3H3;4-5H,1-3H3,(H,13,15);3-5H,1-2H3,(H,13,14);3-5H,1-2H3,(H,11,12);3-4H,11H2,1-2H3;3-6H,1-2H3,(H,10,11);2-4H,9H2,1H3;1H3,(H,3,4). The van der Waals surface area contributed by atoms with Crippen LogP contribution in [0.15, 0.2) is 153 Å². The number of anilines is 5. The molecule has 91 heavy (non-hydrogen) atoms. The lowest BCUT2D eigenvalue weighted by Gasteiger charge is -2.11. The number of fused-ring (bicyclic) bond motifs is 2. The minimum absolute atomic E-state index is 0.00630. The first-order chi connectivity index (χ1) is 42.4. The minimum Gasteiger partial charge on any atom is -0.481 e. The molecule has 0 aliphatic carbocycles. The molecule has 2 heterocycles. The van der Waals surface area contributed by atoms with Gasteiger partial charge in [0.15, 0.2) is 17.0 Å². The Morgan fingerprint density at radius 2 is 0.923 bits per heavy atom. The van der Waals surface area contributed by atoms with Gasteiger partial charge in [0.05, 0.1) is 28.1 Å². The third-order valence-corrected chi connectivity index (χ3v) is 18.8. The van der Waals surface area contributed by atoms with Crippen LogP contribution in [0.4, 0.5) is 28.4 Å². The van der Waals surface area contributed by atoms with Gasteiger partial charge in [-0.25, -0.2) is 0 Å². The van der Waals surface area contributed by atoms with E-state index in [9.17, 15) is 28.8 Å². The van der Waals surface area contributed by atoms with Gasteiger partial charge in [-0.2, -0.15) is 0 Å². The molecule has 9 N–H and O–H groups in total. The van der Waals surface area contributed by atoms with E-state index >= 15 is 0 Å². The number of Topliss-reactive ketones (excluding diaryl/α,β-unsaturated/α-hetero) is 2. The second-order valence-corrected chi connectivity index (χ2v) is 25.6. The van der Waals surface area contributed by atoms with Gasteiger partial charge in [0, 0.05) is 105 Å². The summed E-state index contributed by atoms with van der Waals surface area (Å²) >= 11 is 20.5. The number of aliphatic carboxylic acids is 1. The highest BCUT2D eigenvalue weighted by Crippen LogP contribution is 2.32. The third kappa shape index (κ3) is 26.5. The van der Waals surface area contributed by atoms with E-state index < -0.39 is 5.97 Å². The summed E-state index contributed by atoms with van der Waals surface area (Å²) in [5.41, 5.74) is 29.0. The number of carbonyl (C=O) groups is 6. The summed E-state index contributed by atoms with van der Waals surface area (Å²) in [6, 6.07) is 38.2. The van der Waals surface area contributed by atoms with Crippen molar-refractivity contribution < 1.29 is 33.9 Å². The fourth-order valence-electron chi connectivity index (χ4n) is 8.02. The molecule has 0 aliphatic rings. The van der Waals surface area contributed by atoms with E-state index in [0.29, 0.717) is 22.5 Å². The normalized spacial score (nSPS) is 9.87. The number of nitrogens with one attached hydrogen (secondary N) is 4. The highest BCUT2D eigenvalue weighted by atomic mass is 79.9. The molecule has 2 aromatic heterocycles. The Hall–Kier alpha value is -7.14. The van der Waals surface area contributed by atoms with Crippen LogP contribution in [0.25, 0.3) is 21.8 Å². The number of carboxylic acid groups (broad SMARTS) is 1. The van der Waals surface area contributed by atoms with E-state index in [-0.39, 0.29) is 34.7 Å². The number of hydrogen-bond acceptors (Lipinski definition) is 10. The van der Waals surface area contributed by atoms with Crippen molar-refractivity contribution in [2.75, 3.05) is 27.4 Å². The highest BCUT2D eigenvalue weighted by Gasteiger charge is 2.14. The predicted molar refractivity (Wildman–Crippen MR) is 397 cm³/mol. The molecule has 9 rings (SSSR count). The summed E-state index contributed by atoms with van der Waals surface area (Å²) in [5, 5.41) is 17.5. The van der Waals surface area contributed by atoms with Crippen molar-refractivity contribution in [1.29, 1.82) is 0 Å². The van der Waals surface area contributed by atoms with Crippen LogP contribution in [0.3, 0.4) is 0 Å². The summed E-state index contributed by atoms with van der Waals surface area (Å²) in [6.07, 6.45) is 0. The number of nitrogens with zero attached hydrogens (tertiary/aromatic N) is 1. The molecule has 482 valence electrons. The molecule has 0 aliphatic heterocycles. The van der Waals surface area contributed by atoms with Crippen LogP contribution in [0.1, 0.15) is 118 Å². The topological polar surface area (TPSA) is 257 Å². The largest absolute Gasteiger partial charge is 0.481 e. The number of aromatic amines is 1. The van der Waals surface area contributed by atoms with Crippen molar-refractivity contribution in [3.63, 3.8) is 0 Å². The van der Waals surface area contributed by atoms with Crippen molar-refractivity contribution >= 4 is 181 Å². The van der Waals surface area contributed by atoms with Gasteiger partial charge in [0.25, 0.3) is 5.97 Å². The van der Waals surface area contributed by atoms with Gasteiger partial charge in [0.1, 0.15) is 0 Å². The maximum atomic E-state index is 11.6. The van der Waals surface area contributed by atoms with Crippen LogP contribution >= 0.6 is 95.6 Å². The van der Waals surface area contributed by atoms with Crippen molar-refractivity contribution in [2.24, 2.45) is 0 Å². The molecular formula is C70H77Br6N7O8. The number of aromatic nitrogens is 2. The van der Waals surface area contributed by atoms with Gasteiger partial charge in [-0.1, -0.05) is 66.7 Å². The Morgan fingerprint density at radius 3 is 1.44 bits per heavy atom. The van der Waals surface area contributed by atoms with Crippen LogP contribution in [-0.2, 0) is 19.2 Å². The lowest BCUT2D eigenvalue weighted by Crippen LogP contribution is -2.11. The lowest BCUT2D eigenvalue weighted by atomic mass is 10.1. The number of aryl methyl sites for hydroxylation is 10. The number of rotatable bonds is 5. The maximum absolute atomic E-state index is 11.6. The number of nitrogen functional groups attached to an aromatic ring is 2. The molecule has 3 amide bonds. The Kier molecular flexibility index (Phi) is 34.0. The summed E-state index contributed by atoms with van der Waals surface area (Å²) in [6.45, 7) is 28.4. The zero-order valence-electron chi connectivity index (χ0n) is 53.7. The van der Waals surface area contributed by atoms with Crippen LogP contribution in [0, 0.1) is 69.2 Å². The molecule has 0 radical (unpaired) electrons. The van der Waals surface area contributed by atoms with E-state index in [1.54, 1.807) is 18.2 Å². The molecule has 0 unspecified atom stereocenters. The average molecular weight is 1620 g/mol. The fraction of sp³-hybridized carbons (Fsp3) is 0.229. The number of ketones is 2. The Morgan fingerprint density at radius 1 is 0.462 bits per heavy atom. The smallest absolute Gasteiger partial charge is 0.300 e. The van der Waals surface area contributed by atoms with E-state index in [4.69, 9.17) is 21.4 Å². The summed E-state index contributed by atoms with van der Waals surface area (Å²) < 4.78 is 5.60. The van der Waals surface area contributed by atoms with Gasteiger partial charge in [-0.05, 0) is 272 Å². The van der Waals surface area contributed by atoms with Gasteiger partial charge in [-0.15, -0.1) is 0 Å². The van der Waals surface area contributed by atoms with Gasteiger partial charge >= 0.3 is 0 Å². The van der Waals surface area contributed by atoms with Crippen LogP contribution in [-0.4, -0.2) is 50.3 Å². The van der Waals surface area contributed by atoms with E-state index in [0.717, 1.165) is 106 Å². The van der Waals surface area contributed by atoms with E-state index in [1.165, 1.54) is 56.7 Å². The van der Waals surface area contributed by atoms with Crippen LogP contribution in [0.5, 0.6) is 0 Å². The van der Waals surface area contributed by atoms with E-state index in [1.807, 2.05) is 140 Å². The minimum atomic E-state index is -0.833. The second-order valence-electron chi connectivity index (χ2n) is 20.8. The second kappa shape index (κ2) is 38.6. The van der Waals surface area contributed by atoms with Crippen molar-refractivity contribution in [1.82, 2.24) is 9.97 Å². The first kappa shape index (κ1) is 80.0. The number of carboxylic acids is 1. The Balaban J connectivity index is 0.000000360. The summed E-state index contributed by atoms with van der Waals surface area (Å²) in [7, 11) is 0. The molecule has 7 aromatic carbocycles. The molecule has 0 spiro atoms. The summed E-state index contributed by atoms with van der Waals surface area (Å²) in [4.78, 5) is 83.1. The zero-order valence-corrected chi connectivity index (χ0v) is 63.2. The first-order valence-corrected chi connectivity index (χ1v) is 32.7. The number of benzene rings is 7. The lowest BCUT2D eigenvalue weighted by molar-refractivity contribution is -0.134. The molecule has 9 aromatic rings. The van der Waals surface area contributed by atoms with Crippen LogP contribution in [0.2, 0.25) is 0 Å². The van der Waals surface area contributed by atoms with Crippen molar-refractivity contribution in [2.45, 2.75) is 111 Å². The highest BCUT2D eigenvalue weighted by molar-refractivity contribution is 9.11. The number of carbonyl (C=O) groups excluding carboxylic acids is 5. The Bertz CT molecular complexity index is 4150. The number of amides is 3. The van der Waals surface area contributed by atoms with Crippen molar-refractivity contribution in [3.8, 4) is 0 Å². The number of nitrogens with two attached hydrogens (primary N) is 2. The van der Waals surface area contributed by atoms with Gasteiger partial charge in [-0.3, -0.25) is 38.5 Å². The third-order valence-electron chi connectivity index (χ3n) is 12.5. The summed E-state index contributed by atoms with van der Waals surface area (Å²) in [5.74, 6) is -1.19. The molecule has 15 nitrogen and oxygen atoms in total. The molecule has 0 fully saturated rings. The number of hydrogen-bond donors (Lipinski definition) is 7. The van der Waals surface area contributed by atoms with Gasteiger partial charge in [0.2, 0.25) is 17.7 Å². The molecule has 0 atom stereocenters. The quantitative estimate of drug-likeness (QED) is 0.0630. The van der Waals surface area contributed by atoms with Crippen molar-refractivity contribution in [3.05, 3.63) is 225 Å². The molecule has 0 saturated carbocycles. The number of pyridine rings is 2. The first-order valence-electron chi connectivity index (χ1n) is 27.9.